The molecule has 0 unspecified atom stereocenters. The van der Waals surface area contributed by atoms with Gasteiger partial charge in [-0.3, -0.25) is 4.68 Å². The van der Waals surface area contributed by atoms with Crippen molar-refractivity contribution in [2.75, 3.05) is 26.7 Å². The van der Waals surface area contributed by atoms with E-state index in [1.807, 2.05) is 42.1 Å². The minimum absolute atomic E-state index is 0. The van der Waals surface area contributed by atoms with Gasteiger partial charge in [0.25, 0.3) is 0 Å². The van der Waals surface area contributed by atoms with Gasteiger partial charge in [0.2, 0.25) is 0 Å². The van der Waals surface area contributed by atoms with Crippen LogP contribution in [0, 0.1) is 0 Å². The minimum Gasteiger partial charge on any atom is -0.492 e. The van der Waals surface area contributed by atoms with Gasteiger partial charge in [0.15, 0.2) is 5.96 Å². The maximum atomic E-state index is 5.72. The number of guanidine groups is 1. The van der Waals surface area contributed by atoms with Crippen LogP contribution in [0.2, 0.25) is 0 Å². The number of aryl methyl sites for hydroxylation is 1. The first-order valence-electron chi connectivity index (χ1n) is 9.21. The molecule has 150 valence electrons. The lowest BCUT2D eigenvalue weighted by molar-refractivity contribution is 0.327. The van der Waals surface area contributed by atoms with Crippen molar-refractivity contribution in [1.82, 2.24) is 20.0 Å². The zero-order valence-corrected chi connectivity index (χ0v) is 19.3. The number of nitrogens with zero attached hydrogens (tertiary/aromatic N) is 4. The summed E-state index contributed by atoms with van der Waals surface area (Å²) in [6.07, 6.45) is 2.09. The summed E-state index contributed by atoms with van der Waals surface area (Å²) in [5, 5.41) is 7.94. The molecule has 0 spiro atoms. The van der Waals surface area contributed by atoms with Crippen LogP contribution >= 0.6 is 24.0 Å². The van der Waals surface area contributed by atoms with Gasteiger partial charge < -0.3 is 15.0 Å². The van der Waals surface area contributed by atoms with Gasteiger partial charge in [-0.1, -0.05) is 32.0 Å². The Morgan fingerprint density at radius 3 is 2.63 bits per heavy atom. The number of hydrogen-bond donors (Lipinski definition) is 1. The van der Waals surface area contributed by atoms with Gasteiger partial charge in [-0.05, 0) is 25.0 Å². The summed E-state index contributed by atoms with van der Waals surface area (Å²) in [5.41, 5.74) is 2.37. The fourth-order valence-electron chi connectivity index (χ4n) is 2.79. The van der Waals surface area contributed by atoms with Crippen molar-refractivity contribution in [1.29, 1.82) is 0 Å². The van der Waals surface area contributed by atoms with Gasteiger partial charge in [0.05, 0.1) is 12.2 Å². The summed E-state index contributed by atoms with van der Waals surface area (Å²) in [7, 11) is 4.02. The molecule has 0 saturated heterocycles. The minimum atomic E-state index is 0. The lowest BCUT2D eigenvalue weighted by Gasteiger charge is -2.22. The third-order valence-electron chi connectivity index (χ3n) is 3.95. The fourth-order valence-corrected chi connectivity index (χ4v) is 2.79. The number of aromatic nitrogens is 2. The van der Waals surface area contributed by atoms with Crippen LogP contribution in [0.4, 0.5) is 0 Å². The average molecular weight is 485 g/mol. The van der Waals surface area contributed by atoms with E-state index in [-0.39, 0.29) is 24.0 Å². The van der Waals surface area contributed by atoms with Crippen molar-refractivity contribution in [3.8, 4) is 5.75 Å². The monoisotopic (exact) mass is 485 g/mol. The highest BCUT2D eigenvalue weighted by Crippen LogP contribution is 2.18. The highest BCUT2D eigenvalue weighted by molar-refractivity contribution is 14.0. The third kappa shape index (κ3) is 7.40. The topological polar surface area (TPSA) is 54.7 Å². The van der Waals surface area contributed by atoms with E-state index >= 15 is 0 Å². The first kappa shape index (κ1) is 23.3. The summed E-state index contributed by atoms with van der Waals surface area (Å²) < 4.78 is 7.60. The van der Waals surface area contributed by atoms with Crippen LogP contribution in [-0.4, -0.2) is 47.4 Å². The Balaban J connectivity index is 0.00000364. The Hall–Kier alpha value is -1.77. The van der Waals surface area contributed by atoms with E-state index < -0.39 is 0 Å². The molecule has 27 heavy (non-hydrogen) atoms. The van der Waals surface area contributed by atoms with Gasteiger partial charge in [-0.15, -0.1) is 24.0 Å². The van der Waals surface area contributed by atoms with Crippen LogP contribution in [0.3, 0.4) is 0 Å². The maximum Gasteiger partial charge on any atom is 0.194 e. The smallest absolute Gasteiger partial charge is 0.194 e. The average Bonchev–Trinajstić information content (AvgIpc) is 2.99. The number of ether oxygens (including phenoxy) is 1. The first-order valence-corrected chi connectivity index (χ1v) is 9.21. The second kappa shape index (κ2) is 11.8. The van der Waals surface area contributed by atoms with Crippen molar-refractivity contribution < 1.29 is 4.74 Å². The molecule has 0 fully saturated rings. The van der Waals surface area contributed by atoms with Gasteiger partial charge >= 0.3 is 0 Å². The summed E-state index contributed by atoms with van der Waals surface area (Å²) in [4.78, 5) is 6.82. The van der Waals surface area contributed by atoms with Gasteiger partial charge in [0, 0.05) is 38.9 Å². The quantitative estimate of drug-likeness (QED) is 0.269. The molecule has 2 rings (SSSR count). The Labute approximate surface area is 180 Å². The largest absolute Gasteiger partial charge is 0.492 e. The normalized spacial score (nSPS) is 11.3. The molecular formula is C20H32IN5O. The van der Waals surface area contributed by atoms with Gasteiger partial charge in [-0.2, -0.15) is 5.10 Å². The van der Waals surface area contributed by atoms with Crippen molar-refractivity contribution in [3.63, 3.8) is 0 Å². The summed E-state index contributed by atoms with van der Waals surface area (Å²) in [5.74, 6) is 2.15. The molecule has 6 nitrogen and oxygen atoms in total. The van der Waals surface area contributed by atoms with Gasteiger partial charge in [-0.25, -0.2) is 4.99 Å². The molecule has 0 atom stereocenters. The van der Waals surface area contributed by atoms with Crippen molar-refractivity contribution >= 4 is 29.9 Å². The molecule has 2 aromatic rings. The number of benzene rings is 1. The fraction of sp³-hybridized carbons (Fsp3) is 0.500. The molecule has 1 aromatic heterocycles. The van der Waals surface area contributed by atoms with E-state index in [9.17, 15) is 0 Å². The number of halogens is 1. The molecule has 0 saturated carbocycles. The SMILES string of the molecule is CCNC(=NCCOc1ccccc1)N(C)Cc1cn(C)nc1C(C)C.I. The molecule has 0 aliphatic rings. The molecule has 1 N–H and O–H groups in total. The second-order valence-electron chi connectivity index (χ2n) is 6.62. The zero-order valence-electron chi connectivity index (χ0n) is 17.0. The third-order valence-corrected chi connectivity index (χ3v) is 3.95. The molecule has 1 heterocycles. The first-order chi connectivity index (χ1) is 12.5. The van der Waals surface area contributed by atoms with Crippen LogP contribution in [0.1, 0.15) is 37.9 Å². The molecule has 0 bridgehead atoms. The van der Waals surface area contributed by atoms with Crippen LogP contribution in [0.25, 0.3) is 0 Å². The van der Waals surface area contributed by atoms with E-state index in [1.54, 1.807) is 0 Å². The van der Waals surface area contributed by atoms with Crippen LogP contribution in [0.15, 0.2) is 41.5 Å². The highest BCUT2D eigenvalue weighted by Gasteiger charge is 2.15. The van der Waals surface area contributed by atoms with E-state index in [1.165, 1.54) is 5.56 Å². The molecule has 1 aromatic carbocycles. The standard InChI is InChI=1S/C20H31N5O.HI/c1-6-21-20(22-12-13-26-18-10-8-7-9-11-18)24(4)14-17-15-25(5)23-19(17)16(2)3;/h7-11,15-16H,6,12-14H2,1-5H3,(H,21,22);1H. The van der Waals surface area contributed by atoms with E-state index in [4.69, 9.17) is 4.74 Å². The second-order valence-corrected chi connectivity index (χ2v) is 6.62. The zero-order chi connectivity index (χ0) is 18.9. The number of para-hydroxylation sites is 1. The summed E-state index contributed by atoms with van der Waals surface area (Å²) in [6.45, 7) is 9.17. The Kier molecular flexibility index (Phi) is 10.2. The number of nitrogens with one attached hydrogen (secondary N) is 1. The summed E-state index contributed by atoms with van der Waals surface area (Å²) >= 11 is 0. The number of hydrogen-bond acceptors (Lipinski definition) is 3. The molecular weight excluding hydrogens is 453 g/mol. The van der Waals surface area contributed by atoms with E-state index in [0.29, 0.717) is 19.1 Å². The number of aliphatic imine (C=N–C) groups is 1. The molecule has 0 aliphatic carbocycles. The molecule has 0 aliphatic heterocycles. The molecule has 0 amide bonds. The van der Waals surface area contributed by atoms with Crippen molar-refractivity contribution in [2.24, 2.45) is 12.0 Å². The van der Waals surface area contributed by atoms with Crippen LogP contribution < -0.4 is 10.1 Å². The van der Waals surface area contributed by atoms with Crippen LogP contribution in [-0.2, 0) is 13.6 Å². The van der Waals surface area contributed by atoms with Gasteiger partial charge in [0.1, 0.15) is 12.4 Å². The summed E-state index contributed by atoms with van der Waals surface area (Å²) in [6, 6.07) is 9.83. The predicted molar refractivity (Wildman–Crippen MR) is 122 cm³/mol. The Morgan fingerprint density at radius 1 is 1.30 bits per heavy atom. The predicted octanol–water partition coefficient (Wildman–Crippen LogP) is 3.64. The van der Waals surface area contributed by atoms with Crippen molar-refractivity contribution in [3.05, 3.63) is 47.8 Å². The Morgan fingerprint density at radius 2 is 2.00 bits per heavy atom. The van der Waals surface area contributed by atoms with E-state index in [0.717, 1.165) is 30.5 Å². The lowest BCUT2D eigenvalue weighted by Crippen LogP contribution is -2.39. The lowest BCUT2D eigenvalue weighted by atomic mass is 10.1. The molecule has 0 radical (unpaired) electrons. The van der Waals surface area contributed by atoms with Crippen molar-refractivity contribution in [2.45, 2.75) is 33.2 Å². The Bertz CT molecular complexity index is 700. The molecule has 7 heteroatoms. The maximum absolute atomic E-state index is 5.72. The highest BCUT2D eigenvalue weighted by atomic mass is 127. The van der Waals surface area contributed by atoms with E-state index in [2.05, 4.69) is 54.3 Å². The van der Waals surface area contributed by atoms with Crippen LogP contribution in [0.5, 0.6) is 5.75 Å². The number of rotatable bonds is 8.